The molecule has 1 aromatic carbocycles. The highest BCUT2D eigenvalue weighted by atomic mass is 35.5. The third-order valence-electron chi connectivity index (χ3n) is 4.11. The van der Waals surface area contributed by atoms with Crippen LogP contribution in [0, 0.1) is 0 Å². The first kappa shape index (κ1) is 16.1. The Hall–Kier alpha value is -1.26. The van der Waals surface area contributed by atoms with Crippen molar-refractivity contribution in [1.29, 1.82) is 0 Å². The number of nitrogens with one attached hydrogen (secondary N) is 1. The van der Waals surface area contributed by atoms with E-state index in [1.165, 1.54) is 38.5 Å². The lowest BCUT2D eigenvalue weighted by Crippen LogP contribution is -2.37. The first-order valence-electron chi connectivity index (χ1n) is 7.61. The maximum Gasteiger partial charge on any atom is 0.238 e. The Morgan fingerprint density at radius 1 is 1.33 bits per heavy atom. The van der Waals surface area contributed by atoms with E-state index < -0.39 is 0 Å². The molecule has 0 saturated heterocycles. The number of nitrogen functional groups attached to an aromatic ring is 1. The van der Waals surface area contributed by atoms with Gasteiger partial charge in [-0.25, -0.2) is 0 Å². The Bertz CT molecular complexity index is 484. The fourth-order valence-electron chi connectivity index (χ4n) is 2.88. The lowest BCUT2D eigenvalue weighted by Gasteiger charge is -2.26. The van der Waals surface area contributed by atoms with Crippen LogP contribution in [0.2, 0.25) is 5.02 Å². The number of carbonyl (C=O) groups is 1. The number of carbonyl (C=O) groups excluding carboxylic acids is 1. The van der Waals surface area contributed by atoms with Gasteiger partial charge in [-0.2, -0.15) is 0 Å². The number of hydrogen-bond acceptors (Lipinski definition) is 3. The molecule has 0 heterocycles. The molecule has 3 N–H and O–H groups in total. The quantitative estimate of drug-likeness (QED) is 0.661. The van der Waals surface area contributed by atoms with Gasteiger partial charge in [-0.05, 0) is 38.1 Å². The smallest absolute Gasteiger partial charge is 0.238 e. The molecule has 1 saturated carbocycles. The van der Waals surface area contributed by atoms with E-state index in [1.807, 2.05) is 7.05 Å². The number of halogens is 1. The Balaban J connectivity index is 1.89. The summed E-state index contributed by atoms with van der Waals surface area (Å²) in [4.78, 5) is 14.3. The van der Waals surface area contributed by atoms with E-state index in [4.69, 9.17) is 17.3 Å². The molecule has 1 amide bonds. The summed E-state index contributed by atoms with van der Waals surface area (Å²) in [6.45, 7) is 0.385. The Morgan fingerprint density at radius 3 is 2.67 bits per heavy atom. The molecule has 21 heavy (non-hydrogen) atoms. The van der Waals surface area contributed by atoms with Crippen molar-refractivity contribution in [1.82, 2.24) is 4.90 Å². The van der Waals surface area contributed by atoms with Crippen molar-refractivity contribution in [3.63, 3.8) is 0 Å². The van der Waals surface area contributed by atoms with Gasteiger partial charge in [-0.1, -0.05) is 37.3 Å². The molecular formula is C16H24ClN3O. The molecule has 2 rings (SSSR count). The van der Waals surface area contributed by atoms with Gasteiger partial charge in [0.25, 0.3) is 0 Å². The molecule has 1 aliphatic carbocycles. The highest BCUT2D eigenvalue weighted by molar-refractivity contribution is 6.33. The predicted octanol–water partition coefficient (Wildman–Crippen LogP) is 3.52. The molecule has 0 unspecified atom stereocenters. The van der Waals surface area contributed by atoms with Crippen LogP contribution in [-0.4, -0.2) is 30.4 Å². The molecule has 116 valence electrons. The molecule has 0 aliphatic heterocycles. The Morgan fingerprint density at radius 2 is 2.00 bits per heavy atom. The predicted molar refractivity (Wildman–Crippen MR) is 88.6 cm³/mol. The fraction of sp³-hybridized carbons (Fsp3) is 0.562. The molecule has 0 bridgehead atoms. The van der Waals surface area contributed by atoms with Crippen LogP contribution in [0.5, 0.6) is 0 Å². The highest BCUT2D eigenvalue weighted by Crippen LogP contribution is 2.24. The first-order chi connectivity index (χ1) is 10.1. The van der Waals surface area contributed by atoms with Crippen LogP contribution < -0.4 is 11.1 Å². The van der Waals surface area contributed by atoms with Crippen molar-refractivity contribution in [2.75, 3.05) is 24.6 Å². The molecule has 4 nitrogen and oxygen atoms in total. The normalized spacial score (nSPS) is 16.7. The van der Waals surface area contributed by atoms with Crippen molar-refractivity contribution < 1.29 is 4.79 Å². The molecule has 1 aromatic rings. The standard InChI is InChI=1S/C16H24ClN3O/c1-20(13-6-4-2-3-5-7-13)11-16(21)19-15-10-12(18)8-9-14(15)17/h8-10,13H,2-7,11,18H2,1H3,(H,19,21). The van der Waals surface area contributed by atoms with Gasteiger partial charge in [-0.3, -0.25) is 9.69 Å². The Labute approximate surface area is 131 Å². The Kier molecular flexibility index (Phi) is 5.88. The van der Waals surface area contributed by atoms with Crippen molar-refractivity contribution in [3.8, 4) is 0 Å². The fourth-order valence-corrected chi connectivity index (χ4v) is 3.05. The number of anilines is 2. The van der Waals surface area contributed by atoms with Gasteiger partial charge in [0.2, 0.25) is 5.91 Å². The molecule has 1 aliphatic rings. The zero-order valence-corrected chi connectivity index (χ0v) is 13.3. The lowest BCUT2D eigenvalue weighted by atomic mass is 10.1. The van der Waals surface area contributed by atoms with Crippen molar-refractivity contribution in [2.45, 2.75) is 44.6 Å². The van der Waals surface area contributed by atoms with E-state index in [0.29, 0.717) is 29.0 Å². The van der Waals surface area contributed by atoms with Gasteiger partial charge in [-0.15, -0.1) is 0 Å². The van der Waals surface area contributed by atoms with Gasteiger partial charge in [0.1, 0.15) is 0 Å². The summed E-state index contributed by atoms with van der Waals surface area (Å²) in [5, 5.41) is 3.35. The summed E-state index contributed by atoms with van der Waals surface area (Å²) in [7, 11) is 2.02. The summed E-state index contributed by atoms with van der Waals surface area (Å²) in [5.74, 6) is -0.0470. The van der Waals surface area contributed by atoms with E-state index in [9.17, 15) is 4.79 Å². The van der Waals surface area contributed by atoms with E-state index in [2.05, 4.69) is 10.2 Å². The second-order valence-corrected chi connectivity index (χ2v) is 6.26. The largest absolute Gasteiger partial charge is 0.399 e. The van der Waals surface area contributed by atoms with E-state index >= 15 is 0 Å². The van der Waals surface area contributed by atoms with Crippen molar-refractivity contribution >= 4 is 28.9 Å². The summed E-state index contributed by atoms with van der Waals surface area (Å²) in [6.07, 6.45) is 7.52. The maximum atomic E-state index is 12.2. The number of likely N-dealkylation sites (N-methyl/N-ethyl adjacent to an activating group) is 1. The van der Waals surface area contributed by atoms with Crippen LogP contribution in [0.1, 0.15) is 38.5 Å². The van der Waals surface area contributed by atoms with Crippen LogP contribution in [0.25, 0.3) is 0 Å². The average molecular weight is 310 g/mol. The summed E-state index contributed by atoms with van der Waals surface area (Å²) in [5.41, 5.74) is 6.89. The third kappa shape index (κ3) is 4.90. The minimum atomic E-state index is -0.0470. The maximum absolute atomic E-state index is 12.2. The number of nitrogens with zero attached hydrogens (tertiary/aromatic N) is 1. The SMILES string of the molecule is CN(CC(=O)Nc1cc(N)ccc1Cl)C1CCCCCC1. The van der Waals surface area contributed by atoms with Crippen LogP contribution in [0.15, 0.2) is 18.2 Å². The number of nitrogens with two attached hydrogens (primary N) is 1. The van der Waals surface area contributed by atoms with Gasteiger partial charge in [0.05, 0.1) is 17.3 Å². The topological polar surface area (TPSA) is 58.4 Å². The summed E-state index contributed by atoms with van der Waals surface area (Å²) >= 11 is 6.06. The molecule has 0 atom stereocenters. The summed E-state index contributed by atoms with van der Waals surface area (Å²) in [6, 6.07) is 5.61. The first-order valence-corrected chi connectivity index (χ1v) is 7.99. The van der Waals surface area contributed by atoms with Crippen molar-refractivity contribution in [2.24, 2.45) is 0 Å². The molecule has 1 fully saturated rings. The second kappa shape index (κ2) is 7.66. The zero-order valence-electron chi connectivity index (χ0n) is 12.6. The third-order valence-corrected chi connectivity index (χ3v) is 4.44. The van der Waals surface area contributed by atoms with Crippen molar-refractivity contribution in [3.05, 3.63) is 23.2 Å². The molecule has 0 spiro atoms. The molecule has 0 aromatic heterocycles. The van der Waals surface area contributed by atoms with Crippen LogP contribution in [-0.2, 0) is 4.79 Å². The van der Waals surface area contributed by atoms with Gasteiger partial charge >= 0.3 is 0 Å². The lowest BCUT2D eigenvalue weighted by molar-refractivity contribution is -0.117. The van der Waals surface area contributed by atoms with Crippen LogP contribution >= 0.6 is 11.6 Å². The number of rotatable bonds is 4. The van der Waals surface area contributed by atoms with E-state index in [1.54, 1.807) is 18.2 Å². The second-order valence-electron chi connectivity index (χ2n) is 5.85. The average Bonchev–Trinajstić information content (AvgIpc) is 2.72. The van der Waals surface area contributed by atoms with E-state index in [0.717, 1.165) is 0 Å². The minimum Gasteiger partial charge on any atom is -0.399 e. The highest BCUT2D eigenvalue weighted by Gasteiger charge is 2.19. The van der Waals surface area contributed by atoms with Gasteiger partial charge in [0, 0.05) is 11.7 Å². The number of amides is 1. The summed E-state index contributed by atoms with van der Waals surface area (Å²) < 4.78 is 0. The number of hydrogen-bond donors (Lipinski definition) is 2. The van der Waals surface area contributed by atoms with Gasteiger partial charge < -0.3 is 11.1 Å². The van der Waals surface area contributed by atoms with Gasteiger partial charge in [0.15, 0.2) is 0 Å². The van der Waals surface area contributed by atoms with E-state index in [-0.39, 0.29) is 5.91 Å². The van der Waals surface area contributed by atoms with Crippen LogP contribution in [0.4, 0.5) is 11.4 Å². The molecule has 0 radical (unpaired) electrons. The monoisotopic (exact) mass is 309 g/mol. The molecule has 5 heteroatoms. The number of benzene rings is 1. The zero-order chi connectivity index (χ0) is 15.2. The minimum absolute atomic E-state index is 0.0470. The van der Waals surface area contributed by atoms with Crippen LogP contribution in [0.3, 0.4) is 0 Å². The molecular weight excluding hydrogens is 286 g/mol.